The molecule has 2 aromatic carbocycles. The number of amides is 1. The second kappa shape index (κ2) is 7.81. The van der Waals surface area contributed by atoms with Gasteiger partial charge in [0.1, 0.15) is 5.75 Å². The van der Waals surface area contributed by atoms with Crippen molar-refractivity contribution >= 4 is 38.9 Å². The maximum Gasteiger partial charge on any atom is 0.257 e. The molecule has 126 valence electrons. The minimum Gasteiger partial charge on any atom is -0.497 e. The van der Waals surface area contributed by atoms with Crippen molar-refractivity contribution in [3.05, 3.63) is 77.0 Å². The van der Waals surface area contributed by atoms with Crippen molar-refractivity contribution in [1.29, 1.82) is 0 Å². The lowest BCUT2D eigenvalue weighted by molar-refractivity contribution is 0.102. The van der Waals surface area contributed by atoms with Gasteiger partial charge >= 0.3 is 0 Å². The number of nitrogens with one attached hydrogen (secondary N) is 2. The third-order valence-electron chi connectivity index (χ3n) is 3.50. The maximum absolute atomic E-state index is 12.4. The fourth-order valence-electron chi connectivity index (χ4n) is 2.23. The van der Waals surface area contributed by atoms with Crippen LogP contribution in [-0.2, 0) is 0 Å². The van der Waals surface area contributed by atoms with Crippen molar-refractivity contribution in [2.24, 2.45) is 0 Å². The first-order chi connectivity index (χ1) is 12.2. The van der Waals surface area contributed by atoms with E-state index in [4.69, 9.17) is 4.74 Å². The summed E-state index contributed by atoms with van der Waals surface area (Å²) in [6, 6.07) is 16.7. The summed E-state index contributed by atoms with van der Waals surface area (Å²) in [5.41, 5.74) is 2.78. The van der Waals surface area contributed by atoms with Gasteiger partial charge in [0.2, 0.25) is 0 Å². The molecule has 1 aromatic heterocycles. The molecule has 25 heavy (non-hydrogen) atoms. The van der Waals surface area contributed by atoms with Gasteiger partial charge in [-0.3, -0.25) is 9.78 Å². The number of para-hydroxylation sites is 1. The molecule has 0 aliphatic carbocycles. The van der Waals surface area contributed by atoms with Crippen molar-refractivity contribution in [3.8, 4) is 5.75 Å². The van der Waals surface area contributed by atoms with E-state index in [1.54, 1.807) is 19.4 Å². The first-order valence-corrected chi connectivity index (χ1v) is 8.37. The number of methoxy groups -OCH3 is 1. The van der Waals surface area contributed by atoms with Gasteiger partial charge < -0.3 is 15.4 Å². The van der Waals surface area contributed by atoms with E-state index in [1.165, 1.54) is 6.20 Å². The molecule has 3 aromatic rings. The van der Waals surface area contributed by atoms with Crippen LogP contribution in [0.3, 0.4) is 0 Å². The maximum atomic E-state index is 12.4. The van der Waals surface area contributed by atoms with E-state index in [-0.39, 0.29) is 5.91 Å². The summed E-state index contributed by atoms with van der Waals surface area (Å²) in [5.74, 6) is 0.558. The lowest BCUT2D eigenvalue weighted by Gasteiger charge is -2.10. The van der Waals surface area contributed by atoms with E-state index in [2.05, 4.69) is 31.5 Å². The predicted octanol–water partition coefficient (Wildman–Crippen LogP) is 4.85. The summed E-state index contributed by atoms with van der Waals surface area (Å²) >= 11 is 3.41. The van der Waals surface area contributed by atoms with Gasteiger partial charge in [-0.1, -0.05) is 12.1 Å². The summed E-state index contributed by atoms with van der Waals surface area (Å²) in [6.07, 6.45) is 3.20. The lowest BCUT2D eigenvalue weighted by Crippen LogP contribution is -2.12. The van der Waals surface area contributed by atoms with Crippen LogP contribution in [0.2, 0.25) is 0 Å². The second-order valence-electron chi connectivity index (χ2n) is 5.25. The Hall–Kier alpha value is -2.86. The van der Waals surface area contributed by atoms with E-state index in [9.17, 15) is 4.79 Å². The highest BCUT2D eigenvalue weighted by atomic mass is 79.9. The second-order valence-corrected chi connectivity index (χ2v) is 6.10. The number of aromatic nitrogens is 1. The minimum absolute atomic E-state index is 0.224. The third kappa shape index (κ3) is 4.36. The van der Waals surface area contributed by atoms with E-state index < -0.39 is 0 Å². The molecule has 0 radical (unpaired) electrons. The molecule has 2 N–H and O–H groups in total. The van der Waals surface area contributed by atoms with Crippen molar-refractivity contribution in [3.63, 3.8) is 0 Å². The normalized spacial score (nSPS) is 10.2. The summed E-state index contributed by atoms with van der Waals surface area (Å²) in [4.78, 5) is 16.6. The molecule has 0 aliphatic rings. The SMILES string of the molecule is COc1ccc(Nc2cncc(C(=O)Nc3ccccc3Br)c2)cc1. The first-order valence-electron chi connectivity index (χ1n) is 7.58. The average Bonchev–Trinajstić information content (AvgIpc) is 2.64. The molecule has 0 spiro atoms. The number of ether oxygens (including phenoxy) is 1. The largest absolute Gasteiger partial charge is 0.497 e. The quantitative estimate of drug-likeness (QED) is 0.645. The number of hydrogen-bond donors (Lipinski definition) is 2. The Morgan fingerprint density at radius 2 is 1.80 bits per heavy atom. The third-order valence-corrected chi connectivity index (χ3v) is 4.19. The van der Waals surface area contributed by atoms with Gasteiger partial charge in [-0.2, -0.15) is 0 Å². The highest BCUT2D eigenvalue weighted by molar-refractivity contribution is 9.10. The molecule has 6 heteroatoms. The number of anilines is 3. The monoisotopic (exact) mass is 397 g/mol. The van der Waals surface area contributed by atoms with Crippen LogP contribution in [0.4, 0.5) is 17.1 Å². The zero-order valence-corrected chi connectivity index (χ0v) is 15.1. The molecule has 0 unspecified atom stereocenters. The van der Waals surface area contributed by atoms with Crippen LogP contribution in [0.5, 0.6) is 5.75 Å². The van der Waals surface area contributed by atoms with Crippen LogP contribution in [0.15, 0.2) is 71.5 Å². The van der Waals surface area contributed by atoms with Crippen LogP contribution in [0.25, 0.3) is 0 Å². The molecular weight excluding hydrogens is 382 g/mol. The molecule has 5 nitrogen and oxygen atoms in total. The van der Waals surface area contributed by atoms with E-state index >= 15 is 0 Å². The Morgan fingerprint density at radius 3 is 2.52 bits per heavy atom. The number of hydrogen-bond acceptors (Lipinski definition) is 4. The Bertz CT molecular complexity index is 882. The Morgan fingerprint density at radius 1 is 1.04 bits per heavy atom. The topological polar surface area (TPSA) is 63.2 Å². The highest BCUT2D eigenvalue weighted by Gasteiger charge is 2.09. The van der Waals surface area contributed by atoms with Gasteiger partial charge in [0, 0.05) is 16.4 Å². The van der Waals surface area contributed by atoms with E-state index in [0.717, 1.165) is 21.6 Å². The molecule has 0 atom stereocenters. The number of carbonyl (C=O) groups excluding carboxylic acids is 1. The number of halogens is 1. The van der Waals surface area contributed by atoms with Crippen LogP contribution in [0, 0.1) is 0 Å². The Kier molecular flexibility index (Phi) is 5.30. The zero-order chi connectivity index (χ0) is 17.6. The number of nitrogens with zero attached hydrogens (tertiary/aromatic N) is 1. The smallest absolute Gasteiger partial charge is 0.257 e. The van der Waals surface area contributed by atoms with Gasteiger partial charge in [0.25, 0.3) is 5.91 Å². The molecule has 1 amide bonds. The predicted molar refractivity (Wildman–Crippen MR) is 103 cm³/mol. The van der Waals surface area contributed by atoms with Crippen LogP contribution in [-0.4, -0.2) is 18.0 Å². The van der Waals surface area contributed by atoms with Gasteiger partial charge in [-0.15, -0.1) is 0 Å². The summed E-state index contributed by atoms with van der Waals surface area (Å²) in [7, 11) is 1.62. The summed E-state index contributed by atoms with van der Waals surface area (Å²) < 4.78 is 5.96. The van der Waals surface area contributed by atoms with Crippen LogP contribution in [0.1, 0.15) is 10.4 Å². The fourth-order valence-corrected chi connectivity index (χ4v) is 2.61. The van der Waals surface area contributed by atoms with Gasteiger partial charge in [0.05, 0.1) is 30.2 Å². The Balaban J connectivity index is 1.74. The summed E-state index contributed by atoms with van der Waals surface area (Å²) in [6.45, 7) is 0. The van der Waals surface area contributed by atoms with Gasteiger partial charge in [-0.25, -0.2) is 0 Å². The molecule has 0 saturated heterocycles. The van der Waals surface area contributed by atoms with Crippen LogP contribution < -0.4 is 15.4 Å². The summed E-state index contributed by atoms with van der Waals surface area (Å²) in [5, 5.41) is 6.08. The van der Waals surface area contributed by atoms with Crippen molar-refractivity contribution in [1.82, 2.24) is 4.98 Å². The first kappa shape index (κ1) is 17.0. The number of rotatable bonds is 5. The zero-order valence-electron chi connectivity index (χ0n) is 13.5. The molecule has 0 aliphatic heterocycles. The molecule has 0 bridgehead atoms. The molecule has 3 rings (SSSR count). The number of carbonyl (C=O) groups is 1. The number of pyridine rings is 1. The molecule has 0 saturated carbocycles. The average molecular weight is 398 g/mol. The molecule has 0 fully saturated rings. The van der Waals surface area contributed by atoms with Gasteiger partial charge in [-0.05, 0) is 58.4 Å². The van der Waals surface area contributed by atoms with E-state index in [1.807, 2.05) is 48.5 Å². The lowest BCUT2D eigenvalue weighted by atomic mass is 10.2. The van der Waals surface area contributed by atoms with Gasteiger partial charge in [0.15, 0.2) is 0 Å². The standard InChI is InChI=1S/C19H16BrN3O2/c1-25-16-8-6-14(7-9-16)22-15-10-13(11-21-12-15)19(24)23-18-5-3-2-4-17(18)20/h2-12,22H,1H3,(H,23,24). The molecule has 1 heterocycles. The van der Waals surface area contributed by atoms with Crippen molar-refractivity contribution in [2.45, 2.75) is 0 Å². The van der Waals surface area contributed by atoms with E-state index in [0.29, 0.717) is 11.3 Å². The Labute approximate surface area is 154 Å². The number of benzene rings is 2. The highest BCUT2D eigenvalue weighted by Crippen LogP contribution is 2.23. The van der Waals surface area contributed by atoms with Crippen LogP contribution >= 0.6 is 15.9 Å². The molecular formula is C19H16BrN3O2. The van der Waals surface area contributed by atoms with Crippen molar-refractivity contribution < 1.29 is 9.53 Å². The fraction of sp³-hybridized carbons (Fsp3) is 0.0526. The van der Waals surface area contributed by atoms with Crippen molar-refractivity contribution in [2.75, 3.05) is 17.7 Å². The minimum atomic E-state index is -0.224.